The first kappa shape index (κ1) is 20.7. The molecule has 0 aliphatic carbocycles. The highest BCUT2D eigenvalue weighted by Gasteiger charge is 2.26. The van der Waals surface area contributed by atoms with Crippen LogP contribution in [0.4, 0.5) is 0 Å². The van der Waals surface area contributed by atoms with Gasteiger partial charge in [0.2, 0.25) is 0 Å². The summed E-state index contributed by atoms with van der Waals surface area (Å²) in [6.07, 6.45) is 1.17. The van der Waals surface area contributed by atoms with Crippen molar-refractivity contribution in [3.05, 3.63) is 47.9 Å². The van der Waals surface area contributed by atoms with Crippen molar-refractivity contribution in [2.45, 2.75) is 19.3 Å². The number of methoxy groups -OCH3 is 2. The van der Waals surface area contributed by atoms with Crippen LogP contribution in [-0.4, -0.2) is 64.8 Å². The van der Waals surface area contributed by atoms with Crippen LogP contribution in [0.3, 0.4) is 0 Å². The lowest BCUT2D eigenvalue weighted by atomic mass is 10.1. The van der Waals surface area contributed by atoms with Gasteiger partial charge in [-0.25, -0.2) is 0 Å². The van der Waals surface area contributed by atoms with Gasteiger partial charge < -0.3 is 33.5 Å². The van der Waals surface area contributed by atoms with Crippen LogP contribution in [0.5, 0.6) is 11.5 Å². The normalized spacial score (nSPS) is 20.7. The maximum absolute atomic E-state index is 10.2. The molecule has 2 aromatic rings. The van der Waals surface area contributed by atoms with Gasteiger partial charge >= 0.3 is 0 Å². The van der Waals surface area contributed by atoms with Crippen molar-refractivity contribution in [2.24, 2.45) is 0 Å². The van der Waals surface area contributed by atoms with Gasteiger partial charge in [-0.3, -0.25) is 0 Å². The van der Waals surface area contributed by atoms with E-state index in [1.165, 1.54) is 15.4 Å². The molecule has 1 fully saturated rings. The van der Waals surface area contributed by atoms with Crippen LogP contribution in [0, 0.1) is 0 Å². The Morgan fingerprint density at radius 3 is 2.54 bits per heavy atom. The second kappa shape index (κ2) is 10.5. The molecule has 0 saturated carbocycles. The topological polar surface area (TPSA) is 69.9 Å². The van der Waals surface area contributed by atoms with E-state index in [4.69, 9.17) is 18.6 Å². The molecule has 1 aromatic carbocycles. The quantitative estimate of drug-likeness (QED) is 0.492. The standard InChI is InChI=1S/C21H30N2O5/c1-25-19-5-6-21(26-2)17(12-19)13-22-7-9-23(10-8-22)14-18(24)15-27-16-20-4-3-11-28-20/h3-6,11-12,18,24H,7-10,13-16H2,1-2H3/p+2/t18-/m1/s1. The van der Waals surface area contributed by atoms with E-state index in [2.05, 4.69) is 6.07 Å². The second-order valence-electron chi connectivity index (χ2n) is 7.31. The SMILES string of the molecule is COc1ccc(OC)c(C[NH+]2CC[NH+](C[C@@H](O)COCc3ccco3)CC2)c1. The molecule has 2 heterocycles. The molecular weight excluding hydrogens is 360 g/mol. The highest BCUT2D eigenvalue weighted by Crippen LogP contribution is 2.23. The summed E-state index contributed by atoms with van der Waals surface area (Å²) < 4.78 is 21.6. The third-order valence-electron chi connectivity index (χ3n) is 5.25. The predicted molar refractivity (Wildman–Crippen MR) is 104 cm³/mol. The van der Waals surface area contributed by atoms with Gasteiger partial charge in [-0.2, -0.15) is 0 Å². The minimum absolute atomic E-state index is 0.335. The van der Waals surface area contributed by atoms with E-state index in [0.29, 0.717) is 19.8 Å². The minimum atomic E-state index is -0.454. The molecule has 1 saturated heterocycles. The lowest BCUT2D eigenvalue weighted by molar-refractivity contribution is -1.02. The van der Waals surface area contributed by atoms with E-state index in [0.717, 1.165) is 50.0 Å². The number of hydrogen-bond donors (Lipinski definition) is 3. The molecule has 0 spiro atoms. The zero-order valence-electron chi connectivity index (χ0n) is 16.8. The van der Waals surface area contributed by atoms with Crippen molar-refractivity contribution in [2.75, 3.05) is 53.6 Å². The molecule has 1 atom stereocenters. The summed E-state index contributed by atoms with van der Waals surface area (Å²) >= 11 is 0. The Hall–Kier alpha value is -2.06. The molecule has 1 aliphatic heterocycles. The van der Waals surface area contributed by atoms with Crippen molar-refractivity contribution < 1.29 is 33.5 Å². The van der Waals surface area contributed by atoms with E-state index in [1.54, 1.807) is 20.5 Å². The number of piperazine rings is 1. The molecule has 0 bridgehead atoms. The zero-order chi connectivity index (χ0) is 19.8. The van der Waals surface area contributed by atoms with E-state index >= 15 is 0 Å². The van der Waals surface area contributed by atoms with Gasteiger partial charge in [-0.15, -0.1) is 0 Å². The van der Waals surface area contributed by atoms with Crippen molar-refractivity contribution >= 4 is 0 Å². The Morgan fingerprint density at radius 2 is 1.86 bits per heavy atom. The Labute approximate surface area is 166 Å². The van der Waals surface area contributed by atoms with Gasteiger partial charge in [-0.1, -0.05) is 0 Å². The molecule has 7 heteroatoms. The zero-order valence-corrected chi connectivity index (χ0v) is 16.8. The first-order chi connectivity index (χ1) is 13.7. The van der Waals surface area contributed by atoms with Crippen molar-refractivity contribution in [3.8, 4) is 11.5 Å². The Balaban J connectivity index is 1.39. The fourth-order valence-electron chi connectivity index (χ4n) is 3.71. The van der Waals surface area contributed by atoms with Crippen LogP contribution >= 0.6 is 0 Å². The van der Waals surface area contributed by atoms with Gasteiger partial charge in [-0.05, 0) is 30.3 Å². The summed E-state index contributed by atoms with van der Waals surface area (Å²) in [5, 5.41) is 10.2. The fourth-order valence-corrected chi connectivity index (χ4v) is 3.71. The van der Waals surface area contributed by atoms with E-state index in [-0.39, 0.29) is 0 Å². The predicted octanol–water partition coefficient (Wildman–Crippen LogP) is -0.842. The van der Waals surface area contributed by atoms with E-state index in [1.807, 2.05) is 24.3 Å². The average Bonchev–Trinajstić information content (AvgIpc) is 3.23. The molecule has 1 aromatic heterocycles. The van der Waals surface area contributed by atoms with Gasteiger partial charge in [0.25, 0.3) is 0 Å². The van der Waals surface area contributed by atoms with Crippen LogP contribution in [0.25, 0.3) is 0 Å². The molecule has 3 N–H and O–H groups in total. The molecule has 154 valence electrons. The van der Waals surface area contributed by atoms with Gasteiger partial charge in [0, 0.05) is 0 Å². The molecular formula is C21H32N2O5+2. The molecule has 3 rings (SSSR count). The van der Waals surface area contributed by atoms with Crippen LogP contribution in [0.15, 0.2) is 41.0 Å². The summed E-state index contributed by atoms with van der Waals surface area (Å²) in [7, 11) is 3.39. The van der Waals surface area contributed by atoms with E-state index < -0.39 is 6.10 Å². The Kier molecular flexibility index (Phi) is 7.73. The Bertz CT molecular complexity index is 699. The van der Waals surface area contributed by atoms with Gasteiger partial charge in [0.1, 0.15) is 69.2 Å². The Morgan fingerprint density at radius 1 is 1.07 bits per heavy atom. The van der Waals surface area contributed by atoms with Crippen LogP contribution < -0.4 is 19.3 Å². The van der Waals surface area contributed by atoms with Crippen molar-refractivity contribution in [1.82, 2.24) is 0 Å². The first-order valence-electron chi connectivity index (χ1n) is 9.84. The molecule has 0 radical (unpaired) electrons. The highest BCUT2D eigenvalue weighted by molar-refractivity contribution is 5.39. The fraction of sp³-hybridized carbons (Fsp3) is 0.524. The summed E-state index contributed by atoms with van der Waals surface area (Å²) in [6.45, 7) is 6.58. The summed E-state index contributed by atoms with van der Waals surface area (Å²) in [5.74, 6) is 2.55. The smallest absolute Gasteiger partial charge is 0.129 e. The molecule has 0 amide bonds. The number of nitrogens with one attached hydrogen (secondary N) is 2. The summed E-state index contributed by atoms with van der Waals surface area (Å²) in [4.78, 5) is 2.95. The molecule has 1 aliphatic rings. The lowest BCUT2D eigenvalue weighted by Crippen LogP contribution is -3.28. The first-order valence-corrected chi connectivity index (χ1v) is 9.84. The number of aliphatic hydroxyl groups excluding tert-OH is 1. The number of furan rings is 1. The minimum Gasteiger partial charge on any atom is -0.497 e. The number of benzene rings is 1. The van der Waals surface area contributed by atoms with Crippen LogP contribution in [-0.2, 0) is 17.9 Å². The average molecular weight is 392 g/mol. The lowest BCUT2D eigenvalue weighted by Gasteiger charge is -2.31. The monoisotopic (exact) mass is 392 g/mol. The van der Waals surface area contributed by atoms with Crippen molar-refractivity contribution in [1.29, 1.82) is 0 Å². The number of ether oxygens (including phenoxy) is 3. The second-order valence-corrected chi connectivity index (χ2v) is 7.31. The van der Waals surface area contributed by atoms with Gasteiger partial charge in [0.15, 0.2) is 0 Å². The number of aliphatic hydroxyl groups is 1. The summed E-state index contributed by atoms with van der Waals surface area (Å²) in [6, 6.07) is 9.66. The molecule has 0 unspecified atom stereocenters. The number of rotatable bonds is 10. The maximum Gasteiger partial charge on any atom is 0.129 e. The number of hydrogen-bond acceptors (Lipinski definition) is 5. The van der Waals surface area contributed by atoms with Crippen LogP contribution in [0.2, 0.25) is 0 Å². The maximum atomic E-state index is 10.2. The summed E-state index contributed by atoms with van der Waals surface area (Å²) in [5.41, 5.74) is 1.17. The number of quaternary nitrogens is 2. The highest BCUT2D eigenvalue weighted by atomic mass is 16.5. The van der Waals surface area contributed by atoms with Gasteiger partial charge in [0.05, 0.1) is 32.7 Å². The largest absolute Gasteiger partial charge is 0.497 e. The van der Waals surface area contributed by atoms with Crippen molar-refractivity contribution in [3.63, 3.8) is 0 Å². The molecule has 7 nitrogen and oxygen atoms in total. The third kappa shape index (κ3) is 5.97. The third-order valence-corrected chi connectivity index (χ3v) is 5.25. The van der Waals surface area contributed by atoms with E-state index in [9.17, 15) is 5.11 Å². The molecule has 28 heavy (non-hydrogen) atoms. The van der Waals surface area contributed by atoms with Crippen LogP contribution in [0.1, 0.15) is 11.3 Å².